The van der Waals surface area contributed by atoms with Crippen LogP contribution in [-0.4, -0.2) is 52.7 Å². The van der Waals surface area contributed by atoms with Gasteiger partial charge in [-0.15, -0.1) is 0 Å². The standard InChI is InChI=1S/C23H33N3O3/c1-15-7-6-8-19(16(15)2)24-21(28)17-9-11-25(12-10-17)22(29)18-13-20(27)26(14-18)23(3,4)5/h6-8,17-18H,9-14H2,1-5H3,(H,24,28). The number of piperidine rings is 1. The summed E-state index contributed by atoms with van der Waals surface area (Å²) in [6, 6.07) is 5.91. The molecule has 1 unspecified atom stereocenters. The molecule has 6 heteroatoms. The summed E-state index contributed by atoms with van der Waals surface area (Å²) in [6.45, 7) is 11.7. The lowest BCUT2D eigenvalue weighted by Gasteiger charge is -2.34. The van der Waals surface area contributed by atoms with E-state index in [4.69, 9.17) is 0 Å². The maximum absolute atomic E-state index is 12.9. The lowest BCUT2D eigenvalue weighted by Crippen LogP contribution is -2.46. The molecule has 2 fully saturated rings. The SMILES string of the molecule is Cc1cccc(NC(=O)C2CCN(C(=O)C3CC(=O)N(C(C)(C)C)C3)CC2)c1C. The Morgan fingerprint density at radius 1 is 1.07 bits per heavy atom. The van der Waals surface area contributed by atoms with Gasteiger partial charge in [-0.2, -0.15) is 0 Å². The van der Waals surface area contributed by atoms with E-state index in [1.807, 2.05) is 57.7 Å². The summed E-state index contributed by atoms with van der Waals surface area (Å²) in [5, 5.41) is 3.05. The van der Waals surface area contributed by atoms with Crippen LogP contribution < -0.4 is 5.32 Å². The van der Waals surface area contributed by atoms with Crippen molar-refractivity contribution in [2.24, 2.45) is 11.8 Å². The van der Waals surface area contributed by atoms with E-state index in [-0.39, 0.29) is 35.1 Å². The van der Waals surface area contributed by atoms with E-state index < -0.39 is 0 Å². The normalized spacial score (nSPS) is 20.9. The van der Waals surface area contributed by atoms with E-state index in [2.05, 4.69) is 5.32 Å². The highest BCUT2D eigenvalue weighted by Crippen LogP contribution is 2.29. The van der Waals surface area contributed by atoms with Gasteiger partial charge in [-0.1, -0.05) is 12.1 Å². The third kappa shape index (κ3) is 4.62. The molecular weight excluding hydrogens is 366 g/mol. The van der Waals surface area contributed by atoms with Gasteiger partial charge in [-0.05, 0) is 64.7 Å². The van der Waals surface area contributed by atoms with Crippen LogP contribution in [0.4, 0.5) is 5.69 Å². The van der Waals surface area contributed by atoms with E-state index >= 15 is 0 Å². The topological polar surface area (TPSA) is 69.7 Å². The van der Waals surface area contributed by atoms with Gasteiger partial charge in [0, 0.05) is 43.2 Å². The van der Waals surface area contributed by atoms with Crippen LogP contribution in [0, 0.1) is 25.7 Å². The zero-order valence-electron chi connectivity index (χ0n) is 18.2. The van der Waals surface area contributed by atoms with Gasteiger partial charge in [0.25, 0.3) is 0 Å². The first-order chi connectivity index (χ1) is 13.6. The molecular formula is C23H33N3O3. The number of carbonyl (C=O) groups is 3. The quantitative estimate of drug-likeness (QED) is 0.849. The predicted molar refractivity (Wildman–Crippen MR) is 113 cm³/mol. The number of rotatable bonds is 3. The van der Waals surface area contributed by atoms with Crippen molar-refractivity contribution < 1.29 is 14.4 Å². The molecule has 1 atom stereocenters. The Bertz CT molecular complexity index is 804. The fraction of sp³-hybridized carbons (Fsp3) is 0.609. The Morgan fingerprint density at radius 2 is 1.72 bits per heavy atom. The van der Waals surface area contributed by atoms with Crippen molar-refractivity contribution in [3.05, 3.63) is 29.3 Å². The number of nitrogens with zero attached hydrogens (tertiary/aromatic N) is 2. The molecule has 3 amide bonds. The number of nitrogens with one attached hydrogen (secondary N) is 1. The minimum atomic E-state index is -0.262. The zero-order chi connectivity index (χ0) is 21.3. The summed E-state index contributed by atoms with van der Waals surface area (Å²) < 4.78 is 0. The molecule has 158 valence electrons. The van der Waals surface area contributed by atoms with E-state index in [0.717, 1.165) is 16.8 Å². The molecule has 0 aliphatic carbocycles. The number of amides is 3. The summed E-state index contributed by atoms with van der Waals surface area (Å²) >= 11 is 0. The summed E-state index contributed by atoms with van der Waals surface area (Å²) in [7, 11) is 0. The van der Waals surface area contributed by atoms with Crippen molar-refractivity contribution in [3.63, 3.8) is 0 Å². The largest absolute Gasteiger partial charge is 0.342 e. The van der Waals surface area contributed by atoms with Crippen molar-refractivity contribution in [1.82, 2.24) is 9.80 Å². The van der Waals surface area contributed by atoms with Gasteiger partial charge >= 0.3 is 0 Å². The van der Waals surface area contributed by atoms with Crippen molar-refractivity contribution >= 4 is 23.4 Å². The van der Waals surface area contributed by atoms with Crippen molar-refractivity contribution in [2.45, 2.75) is 59.4 Å². The van der Waals surface area contributed by atoms with Crippen LogP contribution in [0.5, 0.6) is 0 Å². The molecule has 0 saturated carbocycles. The van der Waals surface area contributed by atoms with Gasteiger partial charge in [0.1, 0.15) is 0 Å². The average molecular weight is 400 g/mol. The van der Waals surface area contributed by atoms with Crippen LogP contribution in [0.1, 0.15) is 51.2 Å². The molecule has 0 aromatic heterocycles. The number of hydrogen-bond donors (Lipinski definition) is 1. The molecule has 3 rings (SSSR count). The second kappa shape index (κ2) is 8.17. The summed E-state index contributed by atoms with van der Waals surface area (Å²) in [6.07, 6.45) is 1.61. The number of hydrogen-bond acceptors (Lipinski definition) is 3. The lowest BCUT2D eigenvalue weighted by atomic mass is 9.94. The summed E-state index contributed by atoms with van der Waals surface area (Å²) in [5.41, 5.74) is 2.84. The van der Waals surface area contributed by atoms with Crippen LogP contribution in [0.15, 0.2) is 18.2 Å². The highest BCUT2D eigenvalue weighted by Gasteiger charge is 2.41. The molecule has 2 aliphatic heterocycles. The number of anilines is 1. The summed E-state index contributed by atoms with van der Waals surface area (Å²) in [5.74, 6) is -0.213. The molecule has 0 radical (unpaired) electrons. The van der Waals surface area contributed by atoms with Crippen LogP contribution in [0.2, 0.25) is 0 Å². The van der Waals surface area contributed by atoms with Gasteiger partial charge in [-0.25, -0.2) is 0 Å². The first-order valence-corrected chi connectivity index (χ1v) is 10.5. The number of likely N-dealkylation sites (tertiary alicyclic amines) is 2. The molecule has 1 aromatic rings. The second-order valence-electron chi connectivity index (χ2n) is 9.41. The van der Waals surface area contributed by atoms with Gasteiger partial charge in [0.15, 0.2) is 0 Å². The Morgan fingerprint density at radius 3 is 2.31 bits per heavy atom. The van der Waals surface area contributed by atoms with E-state index in [1.54, 1.807) is 4.90 Å². The first-order valence-electron chi connectivity index (χ1n) is 10.5. The first kappa shape index (κ1) is 21.3. The van der Waals surface area contributed by atoms with E-state index in [1.165, 1.54) is 0 Å². The van der Waals surface area contributed by atoms with E-state index in [0.29, 0.717) is 38.9 Å². The Labute approximate surface area is 173 Å². The Kier molecular flexibility index (Phi) is 6.01. The van der Waals surface area contributed by atoms with Crippen molar-refractivity contribution in [1.29, 1.82) is 0 Å². The Hall–Kier alpha value is -2.37. The van der Waals surface area contributed by atoms with E-state index in [9.17, 15) is 14.4 Å². The van der Waals surface area contributed by atoms with Crippen molar-refractivity contribution in [2.75, 3.05) is 25.0 Å². The van der Waals surface area contributed by atoms with Gasteiger partial charge in [0.05, 0.1) is 5.92 Å². The third-order valence-corrected chi connectivity index (χ3v) is 6.32. The monoisotopic (exact) mass is 399 g/mol. The highest BCUT2D eigenvalue weighted by molar-refractivity contribution is 5.94. The molecule has 2 heterocycles. The minimum absolute atomic E-state index is 0.0285. The molecule has 0 bridgehead atoms. The number of benzene rings is 1. The van der Waals surface area contributed by atoms with Gasteiger partial charge < -0.3 is 15.1 Å². The minimum Gasteiger partial charge on any atom is -0.342 e. The fourth-order valence-corrected chi connectivity index (χ4v) is 4.26. The van der Waals surface area contributed by atoms with Crippen LogP contribution >= 0.6 is 0 Å². The maximum Gasteiger partial charge on any atom is 0.227 e. The fourth-order valence-electron chi connectivity index (χ4n) is 4.26. The second-order valence-corrected chi connectivity index (χ2v) is 9.41. The van der Waals surface area contributed by atoms with Crippen LogP contribution in [0.25, 0.3) is 0 Å². The smallest absolute Gasteiger partial charge is 0.227 e. The molecule has 1 aromatic carbocycles. The Balaban J connectivity index is 1.54. The third-order valence-electron chi connectivity index (χ3n) is 6.32. The molecule has 2 saturated heterocycles. The van der Waals surface area contributed by atoms with Gasteiger partial charge in [0.2, 0.25) is 17.7 Å². The molecule has 0 spiro atoms. The number of carbonyl (C=O) groups excluding carboxylic acids is 3. The highest BCUT2D eigenvalue weighted by atomic mass is 16.2. The average Bonchev–Trinajstić information content (AvgIpc) is 3.07. The summed E-state index contributed by atoms with van der Waals surface area (Å²) in [4.78, 5) is 41.5. The molecule has 2 aliphatic rings. The molecule has 6 nitrogen and oxygen atoms in total. The maximum atomic E-state index is 12.9. The number of aryl methyl sites for hydroxylation is 1. The zero-order valence-corrected chi connectivity index (χ0v) is 18.2. The molecule has 1 N–H and O–H groups in total. The predicted octanol–water partition coefficient (Wildman–Crippen LogP) is 3.13. The van der Waals surface area contributed by atoms with Gasteiger partial charge in [-0.3, -0.25) is 14.4 Å². The lowest BCUT2D eigenvalue weighted by molar-refractivity contribution is -0.138. The van der Waals surface area contributed by atoms with Crippen LogP contribution in [-0.2, 0) is 14.4 Å². The van der Waals surface area contributed by atoms with Crippen molar-refractivity contribution in [3.8, 4) is 0 Å². The van der Waals surface area contributed by atoms with Crippen LogP contribution in [0.3, 0.4) is 0 Å². The molecule has 29 heavy (non-hydrogen) atoms.